The number of hydrogen-bond donors (Lipinski definition) is 0. The summed E-state index contributed by atoms with van der Waals surface area (Å²) in [6.45, 7) is 3.78. The van der Waals surface area contributed by atoms with Crippen LogP contribution in [-0.2, 0) is 19.1 Å². The van der Waals surface area contributed by atoms with Crippen molar-refractivity contribution in [3.05, 3.63) is 42.0 Å². The van der Waals surface area contributed by atoms with Crippen molar-refractivity contribution >= 4 is 17.8 Å². The van der Waals surface area contributed by atoms with Crippen molar-refractivity contribution in [2.45, 2.75) is 32.7 Å². The number of esters is 1. The van der Waals surface area contributed by atoms with Gasteiger partial charge in [-0.2, -0.15) is 0 Å². The molecule has 1 fully saturated rings. The van der Waals surface area contributed by atoms with Crippen LogP contribution in [0.25, 0.3) is 0 Å². The first-order valence-electron chi connectivity index (χ1n) is 8.87. The largest absolute Gasteiger partial charge is 0.490 e. The fourth-order valence-electron chi connectivity index (χ4n) is 3.37. The van der Waals surface area contributed by atoms with Gasteiger partial charge in [-0.3, -0.25) is 14.5 Å². The summed E-state index contributed by atoms with van der Waals surface area (Å²) in [5.74, 6) is -1.12. The number of carbonyl (C=O) groups excluding carboxylic acids is 3. The Morgan fingerprint density at radius 3 is 2.23 bits per heavy atom. The van der Waals surface area contributed by atoms with Crippen molar-refractivity contribution in [2.75, 3.05) is 13.2 Å². The second kappa shape index (κ2) is 7.72. The van der Waals surface area contributed by atoms with Crippen LogP contribution in [0.15, 0.2) is 36.4 Å². The molecule has 0 unspecified atom stereocenters. The lowest BCUT2D eigenvalue weighted by Gasteiger charge is -2.21. The number of hydrogen-bond acceptors (Lipinski definition) is 5. The zero-order valence-electron chi connectivity index (χ0n) is 15.0. The second-order valence-corrected chi connectivity index (χ2v) is 6.71. The molecule has 1 aliphatic carbocycles. The van der Waals surface area contributed by atoms with E-state index >= 15 is 0 Å². The summed E-state index contributed by atoms with van der Waals surface area (Å²) in [5, 5.41) is 0. The zero-order valence-corrected chi connectivity index (χ0v) is 15.0. The van der Waals surface area contributed by atoms with Crippen molar-refractivity contribution in [2.24, 2.45) is 11.8 Å². The maximum absolute atomic E-state index is 12.5. The van der Waals surface area contributed by atoms with E-state index in [1.807, 2.05) is 43.3 Å². The number of carbonyl (C=O) groups is 3. The lowest BCUT2D eigenvalue weighted by atomic mass is 9.85. The molecule has 0 bridgehead atoms. The van der Waals surface area contributed by atoms with Crippen molar-refractivity contribution < 1.29 is 23.9 Å². The van der Waals surface area contributed by atoms with Gasteiger partial charge >= 0.3 is 5.97 Å². The molecule has 1 aromatic carbocycles. The zero-order chi connectivity index (χ0) is 18.7. The highest BCUT2D eigenvalue weighted by Gasteiger charge is 2.50. The van der Waals surface area contributed by atoms with E-state index in [0.717, 1.165) is 10.5 Å². The molecule has 138 valence electrons. The molecule has 3 rings (SSSR count). The molecule has 2 amide bonds. The van der Waals surface area contributed by atoms with E-state index in [4.69, 9.17) is 9.47 Å². The Balaban J connectivity index is 1.49. The molecule has 0 radical (unpaired) electrons. The van der Waals surface area contributed by atoms with Gasteiger partial charge in [0.25, 0.3) is 0 Å². The van der Waals surface area contributed by atoms with Gasteiger partial charge in [0.05, 0.1) is 11.8 Å². The summed E-state index contributed by atoms with van der Waals surface area (Å²) in [6, 6.07) is 6.64. The third-order valence-corrected chi connectivity index (χ3v) is 4.89. The first-order valence-corrected chi connectivity index (χ1v) is 8.87. The van der Waals surface area contributed by atoms with E-state index in [9.17, 15) is 14.4 Å². The molecular formula is C20H23NO5. The molecule has 26 heavy (non-hydrogen) atoms. The van der Waals surface area contributed by atoms with E-state index in [0.29, 0.717) is 18.6 Å². The van der Waals surface area contributed by atoms with Crippen LogP contribution in [0.5, 0.6) is 5.75 Å². The highest BCUT2D eigenvalue weighted by Crippen LogP contribution is 2.36. The summed E-state index contributed by atoms with van der Waals surface area (Å²) in [5.41, 5.74) is 1.13. The fraction of sp³-hybridized carbons (Fsp3) is 0.450. The number of fused-ring (bicyclic) bond motifs is 1. The van der Waals surface area contributed by atoms with Crippen LogP contribution in [-0.4, -0.2) is 41.9 Å². The van der Waals surface area contributed by atoms with Crippen molar-refractivity contribution in [1.82, 2.24) is 4.90 Å². The Morgan fingerprint density at radius 2 is 1.65 bits per heavy atom. The van der Waals surface area contributed by atoms with E-state index in [2.05, 4.69) is 0 Å². The molecule has 1 saturated heterocycles. The molecule has 2 aliphatic rings. The van der Waals surface area contributed by atoms with Gasteiger partial charge in [0.2, 0.25) is 11.8 Å². The summed E-state index contributed by atoms with van der Waals surface area (Å²) in [7, 11) is 0. The van der Waals surface area contributed by atoms with Gasteiger partial charge in [-0.1, -0.05) is 29.8 Å². The van der Waals surface area contributed by atoms with Gasteiger partial charge in [-0.05, 0) is 38.8 Å². The summed E-state index contributed by atoms with van der Waals surface area (Å²) in [4.78, 5) is 38.3. The number of likely N-dealkylation sites (tertiary alicyclic amines) is 1. The topological polar surface area (TPSA) is 72.9 Å². The number of imide groups is 1. The lowest BCUT2D eigenvalue weighted by Crippen LogP contribution is -2.44. The van der Waals surface area contributed by atoms with E-state index in [-0.39, 0.29) is 36.9 Å². The number of allylic oxidation sites excluding steroid dienone is 2. The van der Waals surface area contributed by atoms with E-state index < -0.39 is 12.0 Å². The number of ether oxygens (including phenoxy) is 2. The number of benzene rings is 1. The summed E-state index contributed by atoms with van der Waals surface area (Å²) >= 11 is 0. The molecule has 6 heteroatoms. The highest BCUT2D eigenvalue weighted by molar-refractivity contribution is 6.08. The molecule has 6 nitrogen and oxygen atoms in total. The quantitative estimate of drug-likeness (QED) is 0.338. The Kier molecular flexibility index (Phi) is 5.40. The van der Waals surface area contributed by atoms with Gasteiger partial charge < -0.3 is 9.47 Å². The number of rotatable bonds is 6. The molecule has 0 N–H and O–H groups in total. The van der Waals surface area contributed by atoms with Gasteiger partial charge in [0.1, 0.15) is 25.0 Å². The van der Waals surface area contributed by atoms with E-state index in [1.165, 1.54) is 6.92 Å². The van der Waals surface area contributed by atoms with Crippen LogP contribution in [0.3, 0.4) is 0 Å². The minimum absolute atomic E-state index is 0.0572. The monoisotopic (exact) mass is 357 g/mol. The number of aryl methyl sites for hydroxylation is 1. The maximum Gasteiger partial charge on any atom is 0.329 e. The second-order valence-electron chi connectivity index (χ2n) is 6.71. The average Bonchev–Trinajstić information content (AvgIpc) is 2.90. The normalized spacial score (nSPS) is 22.9. The molecule has 0 spiro atoms. The average molecular weight is 357 g/mol. The molecule has 0 saturated carbocycles. The summed E-state index contributed by atoms with van der Waals surface area (Å²) < 4.78 is 10.7. The van der Waals surface area contributed by atoms with Crippen LogP contribution in [0.1, 0.15) is 25.3 Å². The fourth-order valence-corrected chi connectivity index (χ4v) is 3.37. The maximum atomic E-state index is 12.5. The van der Waals surface area contributed by atoms with Gasteiger partial charge in [0, 0.05) is 0 Å². The highest BCUT2D eigenvalue weighted by atomic mass is 16.6. The SMILES string of the molecule is Cc1ccc(OCCOC(=O)[C@H](C)N2C(=O)[C@H]3CC=CC[C@H]3C2=O)cc1. The minimum Gasteiger partial charge on any atom is -0.490 e. The Morgan fingerprint density at radius 1 is 1.08 bits per heavy atom. The first kappa shape index (κ1) is 18.2. The van der Waals surface area contributed by atoms with Crippen molar-refractivity contribution in [3.8, 4) is 5.75 Å². The van der Waals surface area contributed by atoms with Gasteiger partial charge in [-0.25, -0.2) is 4.79 Å². The predicted molar refractivity (Wildman–Crippen MR) is 94.3 cm³/mol. The van der Waals surface area contributed by atoms with E-state index in [1.54, 1.807) is 0 Å². The van der Waals surface area contributed by atoms with Crippen LogP contribution in [0, 0.1) is 18.8 Å². The first-order chi connectivity index (χ1) is 12.5. The molecule has 3 atom stereocenters. The van der Waals surface area contributed by atoms with Gasteiger partial charge in [0.15, 0.2) is 0 Å². The van der Waals surface area contributed by atoms with Crippen LogP contribution < -0.4 is 4.74 Å². The smallest absolute Gasteiger partial charge is 0.329 e. The van der Waals surface area contributed by atoms with Crippen LogP contribution in [0.4, 0.5) is 0 Å². The predicted octanol–water partition coefficient (Wildman–Crippen LogP) is 2.26. The Hall–Kier alpha value is -2.63. The van der Waals surface area contributed by atoms with Crippen LogP contribution >= 0.6 is 0 Å². The standard InChI is InChI=1S/C20H23NO5/c1-13-7-9-15(10-8-13)25-11-12-26-20(24)14(2)21-18(22)16-5-3-4-6-17(16)19(21)23/h3-4,7-10,14,16-17H,5-6,11-12H2,1-2H3/t14-,16-,17+/m0/s1. The third kappa shape index (κ3) is 3.64. The van der Waals surface area contributed by atoms with Crippen molar-refractivity contribution in [3.63, 3.8) is 0 Å². The lowest BCUT2D eigenvalue weighted by molar-refractivity contribution is -0.158. The molecule has 0 aromatic heterocycles. The number of nitrogens with zero attached hydrogens (tertiary/aromatic N) is 1. The minimum atomic E-state index is -0.917. The molecule has 1 aromatic rings. The van der Waals surface area contributed by atoms with Crippen molar-refractivity contribution in [1.29, 1.82) is 0 Å². The van der Waals surface area contributed by atoms with Gasteiger partial charge in [-0.15, -0.1) is 0 Å². The summed E-state index contributed by atoms with van der Waals surface area (Å²) in [6.07, 6.45) is 4.94. The molecular weight excluding hydrogens is 334 g/mol. The third-order valence-electron chi connectivity index (χ3n) is 4.89. The van der Waals surface area contributed by atoms with Crippen LogP contribution in [0.2, 0.25) is 0 Å². The molecule has 1 aliphatic heterocycles. The molecule has 1 heterocycles. The Labute approximate surface area is 152 Å². The Bertz CT molecular complexity index is 698. The number of amides is 2.